The molecule has 0 saturated heterocycles. The van der Waals surface area contributed by atoms with Crippen molar-refractivity contribution in [2.45, 2.75) is 38.3 Å². The molecule has 98 valence electrons. The Hall–Kier alpha value is -0.680. The molecular weight excluding hydrogens is 246 g/mol. The lowest BCUT2D eigenvalue weighted by atomic mass is 10.0. The van der Waals surface area contributed by atoms with Gasteiger partial charge in [-0.3, -0.25) is 0 Å². The molecule has 4 nitrogen and oxygen atoms in total. The van der Waals surface area contributed by atoms with E-state index < -0.39 is 0 Å². The third-order valence-electron chi connectivity index (χ3n) is 5.18. The number of aromatic nitrogens is 2. The second-order valence-electron chi connectivity index (χ2n) is 5.99. The van der Waals surface area contributed by atoms with E-state index in [0.29, 0.717) is 6.04 Å². The summed E-state index contributed by atoms with van der Waals surface area (Å²) in [7, 11) is 1.70. The van der Waals surface area contributed by atoms with Crippen LogP contribution in [0.2, 0.25) is 0 Å². The van der Waals surface area contributed by atoms with Crippen LogP contribution in [0.4, 0.5) is 5.13 Å². The van der Waals surface area contributed by atoms with Crippen LogP contribution in [0.25, 0.3) is 0 Å². The topological polar surface area (TPSA) is 47.0 Å². The summed E-state index contributed by atoms with van der Waals surface area (Å²) < 4.78 is 9.60. The highest BCUT2D eigenvalue weighted by Crippen LogP contribution is 2.66. The first-order valence-electron chi connectivity index (χ1n) is 6.91. The van der Waals surface area contributed by atoms with Gasteiger partial charge in [-0.25, -0.2) is 4.98 Å². The highest BCUT2D eigenvalue weighted by molar-refractivity contribution is 7.09. The van der Waals surface area contributed by atoms with Crippen molar-refractivity contribution in [3.63, 3.8) is 0 Å². The highest BCUT2D eigenvalue weighted by atomic mass is 32.1. The van der Waals surface area contributed by atoms with Gasteiger partial charge in [0.05, 0.1) is 0 Å². The molecule has 5 unspecified atom stereocenters. The van der Waals surface area contributed by atoms with E-state index in [1.54, 1.807) is 7.11 Å². The Morgan fingerprint density at radius 3 is 2.72 bits per heavy atom. The summed E-state index contributed by atoms with van der Waals surface area (Å²) in [5.74, 6) is 4.69. The van der Waals surface area contributed by atoms with Crippen LogP contribution in [-0.2, 0) is 4.74 Å². The van der Waals surface area contributed by atoms with E-state index in [0.717, 1.165) is 34.6 Å². The SMILES string of the molecule is COC(C)c1nsc(NC2C3C4CCC(C4)C23)n1. The fourth-order valence-electron chi connectivity index (χ4n) is 4.23. The first-order chi connectivity index (χ1) is 8.78. The minimum atomic E-state index is -0.00770. The third-order valence-corrected chi connectivity index (χ3v) is 5.84. The molecule has 0 spiro atoms. The van der Waals surface area contributed by atoms with Crippen LogP contribution in [0.5, 0.6) is 0 Å². The van der Waals surface area contributed by atoms with E-state index >= 15 is 0 Å². The monoisotopic (exact) mass is 265 g/mol. The normalized spacial score (nSPS) is 41.8. The zero-order chi connectivity index (χ0) is 12.3. The van der Waals surface area contributed by atoms with Gasteiger partial charge < -0.3 is 10.1 Å². The van der Waals surface area contributed by atoms with Gasteiger partial charge in [-0.15, -0.1) is 0 Å². The van der Waals surface area contributed by atoms with Crippen molar-refractivity contribution in [3.05, 3.63) is 5.82 Å². The maximum atomic E-state index is 5.24. The molecule has 3 aliphatic rings. The molecule has 3 aliphatic carbocycles. The van der Waals surface area contributed by atoms with Crippen LogP contribution < -0.4 is 5.32 Å². The highest BCUT2D eigenvalue weighted by Gasteiger charge is 2.65. The molecule has 0 radical (unpaired) electrons. The molecule has 3 saturated carbocycles. The summed E-state index contributed by atoms with van der Waals surface area (Å²) >= 11 is 1.47. The van der Waals surface area contributed by atoms with Crippen molar-refractivity contribution in [1.82, 2.24) is 9.36 Å². The van der Waals surface area contributed by atoms with E-state index in [1.807, 2.05) is 6.92 Å². The maximum absolute atomic E-state index is 5.24. The molecule has 5 atom stereocenters. The lowest BCUT2D eigenvalue weighted by Gasteiger charge is -2.08. The fraction of sp³-hybridized carbons (Fsp3) is 0.846. The van der Waals surface area contributed by atoms with Gasteiger partial charge in [0, 0.05) is 24.7 Å². The van der Waals surface area contributed by atoms with E-state index in [2.05, 4.69) is 14.7 Å². The van der Waals surface area contributed by atoms with Gasteiger partial charge in [0.1, 0.15) is 6.10 Å². The van der Waals surface area contributed by atoms with Crippen molar-refractivity contribution in [1.29, 1.82) is 0 Å². The maximum Gasteiger partial charge on any atom is 0.202 e. The minimum absolute atomic E-state index is 0.00770. The van der Waals surface area contributed by atoms with E-state index in [4.69, 9.17) is 4.74 Å². The lowest BCUT2D eigenvalue weighted by molar-refractivity contribution is 0.113. The van der Waals surface area contributed by atoms with Crippen LogP contribution in [0.3, 0.4) is 0 Å². The van der Waals surface area contributed by atoms with Gasteiger partial charge >= 0.3 is 0 Å². The van der Waals surface area contributed by atoms with Crippen LogP contribution in [0.1, 0.15) is 38.1 Å². The van der Waals surface area contributed by atoms with E-state index in [9.17, 15) is 0 Å². The Bertz CT molecular complexity index is 447. The van der Waals surface area contributed by atoms with Gasteiger partial charge in [0.2, 0.25) is 5.13 Å². The Morgan fingerprint density at radius 1 is 1.33 bits per heavy atom. The predicted molar refractivity (Wildman–Crippen MR) is 70.6 cm³/mol. The number of nitrogens with one attached hydrogen (secondary N) is 1. The quantitative estimate of drug-likeness (QED) is 0.909. The summed E-state index contributed by atoms with van der Waals surface area (Å²) in [6.07, 6.45) is 4.42. The molecule has 3 fully saturated rings. The number of anilines is 1. The average molecular weight is 265 g/mol. The van der Waals surface area contributed by atoms with Crippen molar-refractivity contribution in [2.75, 3.05) is 12.4 Å². The number of ether oxygens (including phenoxy) is 1. The number of rotatable bonds is 4. The predicted octanol–water partition coefficient (Wildman–Crippen LogP) is 2.70. The van der Waals surface area contributed by atoms with Crippen molar-refractivity contribution in [2.24, 2.45) is 23.7 Å². The van der Waals surface area contributed by atoms with Gasteiger partial charge in [0.15, 0.2) is 5.82 Å². The first kappa shape index (κ1) is 11.2. The summed E-state index contributed by atoms with van der Waals surface area (Å²) in [5, 5.41) is 4.59. The van der Waals surface area contributed by atoms with Crippen LogP contribution in [-0.4, -0.2) is 22.5 Å². The van der Waals surface area contributed by atoms with Crippen LogP contribution >= 0.6 is 11.5 Å². The van der Waals surface area contributed by atoms with Crippen molar-refractivity contribution < 1.29 is 4.74 Å². The van der Waals surface area contributed by atoms with Gasteiger partial charge in [0.25, 0.3) is 0 Å². The molecule has 0 aromatic carbocycles. The molecule has 0 aliphatic heterocycles. The second kappa shape index (κ2) is 3.90. The number of fused-ring (bicyclic) bond motifs is 5. The molecular formula is C13H19N3OS. The standard InChI is InChI=1S/C13H19N3OS/c1-6(17-2)12-15-13(18-16-12)14-11-9-7-3-4-8(5-7)10(9)11/h6-11H,3-5H2,1-2H3,(H,14,15,16). The zero-order valence-corrected chi connectivity index (χ0v) is 11.6. The van der Waals surface area contributed by atoms with Crippen LogP contribution in [0, 0.1) is 23.7 Å². The molecule has 1 aromatic rings. The molecule has 4 rings (SSSR count). The molecule has 0 amide bonds. The number of methoxy groups -OCH3 is 1. The Labute approximate surface area is 111 Å². The molecule has 1 N–H and O–H groups in total. The largest absolute Gasteiger partial charge is 0.374 e. The molecule has 1 aromatic heterocycles. The number of hydrogen-bond acceptors (Lipinski definition) is 5. The van der Waals surface area contributed by atoms with Crippen LogP contribution in [0.15, 0.2) is 0 Å². The second-order valence-corrected chi connectivity index (χ2v) is 6.75. The number of hydrogen-bond donors (Lipinski definition) is 1. The van der Waals surface area contributed by atoms with Crippen molar-refractivity contribution in [3.8, 4) is 0 Å². The average Bonchev–Trinajstić information content (AvgIpc) is 2.83. The van der Waals surface area contributed by atoms with Gasteiger partial charge in [-0.1, -0.05) is 0 Å². The lowest BCUT2D eigenvalue weighted by Crippen LogP contribution is -2.12. The Kier molecular flexibility index (Phi) is 2.42. The smallest absolute Gasteiger partial charge is 0.202 e. The van der Waals surface area contributed by atoms with Gasteiger partial charge in [-0.2, -0.15) is 4.37 Å². The molecule has 5 heteroatoms. The zero-order valence-electron chi connectivity index (χ0n) is 10.8. The summed E-state index contributed by atoms with van der Waals surface area (Å²) in [5.41, 5.74) is 0. The Balaban J connectivity index is 1.43. The van der Waals surface area contributed by atoms with Gasteiger partial charge in [-0.05, 0) is 49.9 Å². The van der Waals surface area contributed by atoms with E-state index in [-0.39, 0.29) is 6.10 Å². The molecule has 18 heavy (non-hydrogen) atoms. The minimum Gasteiger partial charge on any atom is -0.374 e. The summed E-state index contributed by atoms with van der Waals surface area (Å²) in [6.45, 7) is 1.98. The number of nitrogens with zero attached hydrogens (tertiary/aromatic N) is 2. The molecule has 1 heterocycles. The summed E-state index contributed by atoms with van der Waals surface area (Å²) in [4.78, 5) is 4.53. The van der Waals surface area contributed by atoms with Crippen molar-refractivity contribution >= 4 is 16.7 Å². The summed E-state index contributed by atoms with van der Waals surface area (Å²) in [6, 6.07) is 0.690. The Morgan fingerprint density at radius 2 is 2.06 bits per heavy atom. The molecule has 2 bridgehead atoms. The third kappa shape index (κ3) is 1.53. The fourth-order valence-corrected chi connectivity index (χ4v) is 4.92. The first-order valence-corrected chi connectivity index (χ1v) is 7.68. The van der Waals surface area contributed by atoms with E-state index in [1.165, 1.54) is 30.8 Å².